The second kappa shape index (κ2) is 6.17. The van der Waals surface area contributed by atoms with Crippen LogP contribution in [0.3, 0.4) is 0 Å². The fourth-order valence-electron chi connectivity index (χ4n) is 1.00. The van der Waals surface area contributed by atoms with Crippen LogP contribution in [0, 0.1) is 0 Å². The number of hydrogen-bond donors (Lipinski definition) is 0. The van der Waals surface area contributed by atoms with Crippen LogP contribution in [0.5, 0.6) is 0 Å². The number of hydrogen-bond acceptors (Lipinski definition) is 2. The summed E-state index contributed by atoms with van der Waals surface area (Å²) in [4.78, 5) is 0. The summed E-state index contributed by atoms with van der Waals surface area (Å²) < 4.78 is 21.2. The van der Waals surface area contributed by atoms with Gasteiger partial charge in [0, 0.05) is 5.41 Å². The average molecular weight is 235 g/mol. The van der Waals surface area contributed by atoms with Crippen LogP contribution < -0.4 is 51.4 Å². The molecule has 0 aromatic heterocycles. The van der Waals surface area contributed by atoms with Gasteiger partial charge in [0.15, 0.2) is 0 Å². The van der Waals surface area contributed by atoms with E-state index in [1.165, 1.54) is 0 Å². The Bertz CT molecular complexity index is 412. The van der Waals surface area contributed by atoms with Gasteiger partial charge in [0.25, 0.3) is 0 Å². The zero-order valence-corrected chi connectivity index (χ0v) is 12.1. The summed E-state index contributed by atoms with van der Waals surface area (Å²) in [5, 5.41) is 7.65. The van der Waals surface area contributed by atoms with Crippen molar-refractivity contribution in [1.29, 1.82) is 0 Å². The van der Waals surface area contributed by atoms with Crippen molar-refractivity contribution in [2.75, 3.05) is 0 Å². The van der Waals surface area contributed by atoms with Crippen LogP contribution in [-0.4, -0.2) is 8.42 Å². The van der Waals surface area contributed by atoms with E-state index in [1.54, 1.807) is 19.1 Å². The molecule has 3 nitrogen and oxygen atoms in total. The molecule has 1 rings (SSSR count). The van der Waals surface area contributed by atoms with E-state index in [2.05, 4.69) is 0 Å². The van der Waals surface area contributed by atoms with Crippen LogP contribution >= 0.6 is 0 Å². The normalized spacial score (nSPS) is 12.0. The van der Waals surface area contributed by atoms with Gasteiger partial charge in [-0.2, -0.15) is 0 Å². The van der Waals surface area contributed by atoms with E-state index in [0.29, 0.717) is 5.57 Å². The summed E-state index contributed by atoms with van der Waals surface area (Å²) in [5.74, 6) is 0. The molecule has 70 valence electrons. The predicted molar refractivity (Wildman–Crippen MR) is 53.3 cm³/mol. The Morgan fingerprint density at radius 3 is 2.21 bits per heavy atom. The van der Waals surface area contributed by atoms with E-state index < -0.39 is 10.0 Å². The fourth-order valence-corrected chi connectivity index (χ4v) is 1.60. The molecule has 0 fully saturated rings. The summed E-state index contributed by atoms with van der Waals surface area (Å²) in [6, 6.07) is 9.10. The molecule has 0 aliphatic rings. The van der Waals surface area contributed by atoms with Gasteiger partial charge in [-0.25, -0.2) is 8.42 Å². The molecule has 0 spiro atoms. The Balaban J connectivity index is 0.00000169. The topological polar surface area (TPSA) is 57.9 Å². The monoisotopic (exact) mass is 235 g/mol. The first kappa shape index (κ1) is 14.5. The minimum absolute atomic E-state index is 0. The molecular formula is C9H10KNO2S. The van der Waals surface area contributed by atoms with Crippen molar-refractivity contribution in [3.05, 3.63) is 46.4 Å². The number of nitrogens with one attached hydrogen (secondary N) is 1. The van der Waals surface area contributed by atoms with Gasteiger partial charge >= 0.3 is 51.4 Å². The van der Waals surface area contributed by atoms with Gasteiger partial charge in [0.1, 0.15) is 0 Å². The van der Waals surface area contributed by atoms with Gasteiger partial charge in [-0.3, -0.25) is 0 Å². The smallest absolute Gasteiger partial charge is 0.560 e. The Morgan fingerprint density at radius 2 is 1.79 bits per heavy atom. The van der Waals surface area contributed by atoms with Crippen molar-refractivity contribution in [3.8, 4) is 0 Å². The van der Waals surface area contributed by atoms with E-state index >= 15 is 0 Å². The quantitative estimate of drug-likeness (QED) is 0.645. The first-order valence-electron chi connectivity index (χ1n) is 3.72. The van der Waals surface area contributed by atoms with Crippen LogP contribution in [0.15, 0.2) is 35.7 Å². The van der Waals surface area contributed by atoms with Gasteiger partial charge in [0.2, 0.25) is 0 Å². The van der Waals surface area contributed by atoms with E-state index in [9.17, 15) is 8.42 Å². The van der Waals surface area contributed by atoms with E-state index in [-0.39, 0.29) is 51.4 Å². The molecule has 0 saturated heterocycles. The van der Waals surface area contributed by atoms with Crippen LogP contribution in [0.25, 0.3) is 10.7 Å². The second-order valence-electron chi connectivity index (χ2n) is 2.71. The molecule has 5 heteroatoms. The van der Waals surface area contributed by atoms with Crippen LogP contribution in [0.2, 0.25) is 0 Å². The van der Waals surface area contributed by atoms with Gasteiger partial charge in [0.05, 0.1) is 10.0 Å². The Labute approximate surface area is 127 Å². The van der Waals surface area contributed by atoms with Crippen molar-refractivity contribution in [3.63, 3.8) is 0 Å². The van der Waals surface area contributed by atoms with Crippen LogP contribution in [0.4, 0.5) is 0 Å². The van der Waals surface area contributed by atoms with Crippen molar-refractivity contribution in [2.45, 2.75) is 6.92 Å². The first-order chi connectivity index (χ1) is 5.99. The maximum Gasteiger partial charge on any atom is 1.00 e. The van der Waals surface area contributed by atoms with Gasteiger partial charge in [-0.1, -0.05) is 30.3 Å². The number of allylic oxidation sites excluding steroid dienone is 1. The molecule has 0 aliphatic heterocycles. The molecule has 0 saturated carbocycles. The molecule has 1 aromatic carbocycles. The zero-order chi connectivity index (χ0) is 9.90. The van der Waals surface area contributed by atoms with Crippen molar-refractivity contribution in [1.82, 2.24) is 0 Å². The zero-order valence-electron chi connectivity index (χ0n) is 8.19. The Morgan fingerprint density at radius 1 is 1.29 bits per heavy atom. The van der Waals surface area contributed by atoms with Crippen molar-refractivity contribution >= 4 is 15.6 Å². The summed E-state index contributed by atoms with van der Waals surface area (Å²) in [6.45, 7) is 1.67. The van der Waals surface area contributed by atoms with E-state index in [0.717, 1.165) is 11.0 Å². The summed E-state index contributed by atoms with van der Waals surface area (Å²) in [6.07, 6.45) is 0. The van der Waals surface area contributed by atoms with E-state index in [4.69, 9.17) is 5.14 Å². The summed E-state index contributed by atoms with van der Waals surface area (Å²) >= 11 is 0. The summed E-state index contributed by atoms with van der Waals surface area (Å²) in [7, 11) is -3.78. The molecule has 0 unspecified atom stereocenters. The fraction of sp³-hybridized carbons (Fsp3) is 0.111. The largest absolute Gasteiger partial charge is 1.00 e. The van der Waals surface area contributed by atoms with Gasteiger partial charge in [-0.05, 0) is 18.1 Å². The van der Waals surface area contributed by atoms with Crippen LogP contribution in [0.1, 0.15) is 12.5 Å². The molecule has 0 amide bonds. The van der Waals surface area contributed by atoms with Gasteiger partial charge < -0.3 is 5.14 Å². The first-order valence-corrected chi connectivity index (χ1v) is 5.27. The maximum atomic E-state index is 10.6. The molecule has 0 bridgehead atoms. The molecule has 1 aromatic rings. The number of benzene rings is 1. The maximum absolute atomic E-state index is 10.6. The Kier molecular flexibility index (Phi) is 6.39. The minimum atomic E-state index is -3.78. The van der Waals surface area contributed by atoms with Gasteiger partial charge in [-0.15, -0.1) is 0 Å². The molecule has 14 heavy (non-hydrogen) atoms. The molecule has 0 atom stereocenters. The number of rotatable bonds is 2. The SMILES string of the molecule is C/C(=C\S([NH-])(=O)=O)c1ccccc1.[K+]. The third-order valence-electron chi connectivity index (χ3n) is 1.56. The molecule has 0 radical (unpaired) electrons. The predicted octanol–water partition coefficient (Wildman–Crippen LogP) is -0.567. The standard InChI is InChI=1S/C9H10NO2S.K/c1-8(7-13(10,11)12)9-5-3-2-4-6-9;/h2-7H,1H3,(H-,10,11,12);/q-1;+1/b8-7+;. The molecular weight excluding hydrogens is 225 g/mol. The van der Waals surface area contributed by atoms with Crippen LogP contribution in [-0.2, 0) is 10.0 Å². The molecule has 0 heterocycles. The third-order valence-corrected chi connectivity index (χ3v) is 2.22. The van der Waals surface area contributed by atoms with E-state index in [1.807, 2.05) is 18.2 Å². The van der Waals surface area contributed by atoms with Crippen molar-refractivity contribution < 1.29 is 59.8 Å². The molecule has 1 N–H and O–H groups in total. The Hall–Kier alpha value is 0.506. The molecule has 0 aliphatic carbocycles. The third kappa shape index (κ3) is 5.40. The number of sulfonamides is 1. The minimum Gasteiger partial charge on any atom is -0.560 e. The average Bonchev–Trinajstić information content (AvgIpc) is 2.03. The van der Waals surface area contributed by atoms with Crippen molar-refractivity contribution in [2.24, 2.45) is 0 Å². The second-order valence-corrected chi connectivity index (χ2v) is 4.04. The summed E-state index contributed by atoms with van der Waals surface area (Å²) in [5.41, 5.74) is 1.40.